The molecule has 0 spiro atoms. The SMILES string of the molecule is C[Si]1(C)c2cc(-c3c4ccccc4c(-c4ccc5ccccc5c4)c4ccccc34)ccc2-c2c1cc1c3c(cccc23)[Si](C)(C)c2cc(-c3c4ccccc4c(-c4ccccc4)c4ccccc34)ccc2-1. The Morgan fingerprint density at radius 3 is 1.17 bits per heavy atom. The number of benzene rings is 13. The average molecular weight is 947 g/mol. The van der Waals surface area contributed by atoms with Gasteiger partial charge in [-0.3, -0.25) is 0 Å². The van der Waals surface area contributed by atoms with Crippen LogP contribution in [0.4, 0.5) is 0 Å². The average Bonchev–Trinajstić information content (AvgIpc) is 3.65. The first-order chi connectivity index (χ1) is 35.3. The summed E-state index contributed by atoms with van der Waals surface area (Å²) in [7, 11) is -4.45. The zero-order valence-corrected chi connectivity index (χ0v) is 42.9. The maximum atomic E-state index is 2.66. The van der Waals surface area contributed by atoms with Gasteiger partial charge in [-0.2, -0.15) is 0 Å². The van der Waals surface area contributed by atoms with Crippen molar-refractivity contribution in [3.8, 4) is 66.8 Å². The standard InChI is InChI=1S/C70H50Si2/c1-71(2)61-32-18-31-59-69-58-38-36-48(68-56-29-16-14-27-54(56)66(55-28-15-17-30-57(55)68)46-34-33-43-19-8-9-22-45(43)39-46)41-63(58)72(3,4)64(69)42-60(70(59)61)49-37-35-47(40-62(49)71)67-52-25-12-10-23-50(52)65(44-20-6-5-7-21-44)51-24-11-13-26-53(51)67/h5-42H,1-4H3. The van der Waals surface area contributed by atoms with Crippen molar-refractivity contribution in [2.45, 2.75) is 26.2 Å². The van der Waals surface area contributed by atoms with Gasteiger partial charge in [-0.15, -0.1) is 0 Å². The van der Waals surface area contributed by atoms with E-state index in [2.05, 4.69) is 257 Å². The zero-order chi connectivity index (χ0) is 48.0. The fourth-order valence-corrected chi connectivity index (χ4v) is 19.8. The van der Waals surface area contributed by atoms with Crippen molar-refractivity contribution in [2.75, 3.05) is 0 Å². The van der Waals surface area contributed by atoms with Crippen LogP contribution >= 0.6 is 0 Å². The Bertz CT molecular complexity index is 4380. The summed E-state index contributed by atoms with van der Waals surface area (Å²) >= 11 is 0. The highest BCUT2D eigenvalue weighted by Gasteiger charge is 2.43. The van der Waals surface area contributed by atoms with Gasteiger partial charge in [-0.05, 0) is 158 Å². The van der Waals surface area contributed by atoms with E-state index in [0.717, 1.165) is 0 Å². The molecule has 0 aromatic heterocycles. The quantitative estimate of drug-likeness (QED) is 0.122. The molecule has 0 N–H and O–H groups in total. The van der Waals surface area contributed by atoms with Gasteiger partial charge in [-0.25, -0.2) is 0 Å². The summed E-state index contributed by atoms with van der Waals surface area (Å²) < 4.78 is 0. The van der Waals surface area contributed by atoms with E-state index in [1.165, 1.54) is 142 Å². The topological polar surface area (TPSA) is 0 Å². The molecule has 15 rings (SSSR count). The van der Waals surface area contributed by atoms with E-state index in [4.69, 9.17) is 0 Å². The van der Waals surface area contributed by atoms with E-state index < -0.39 is 16.1 Å². The lowest BCUT2D eigenvalue weighted by molar-refractivity contribution is 1.62. The van der Waals surface area contributed by atoms with E-state index in [9.17, 15) is 0 Å². The molecular formula is C70H50Si2. The predicted octanol–water partition coefficient (Wildman–Crippen LogP) is 16.9. The summed E-state index contributed by atoms with van der Waals surface area (Å²) in [5.41, 5.74) is 16.1. The van der Waals surface area contributed by atoms with Crippen LogP contribution in [0.1, 0.15) is 0 Å². The highest BCUT2D eigenvalue weighted by Crippen LogP contribution is 2.48. The predicted molar refractivity (Wildman–Crippen MR) is 318 cm³/mol. The number of fused-ring (bicyclic) bond motifs is 11. The lowest BCUT2D eigenvalue weighted by Crippen LogP contribution is -2.56. The number of hydrogen-bond acceptors (Lipinski definition) is 0. The summed E-state index contributed by atoms with van der Waals surface area (Å²) in [5.74, 6) is 0. The van der Waals surface area contributed by atoms with Gasteiger partial charge < -0.3 is 0 Å². The molecule has 2 aliphatic rings. The van der Waals surface area contributed by atoms with Gasteiger partial charge in [0.05, 0.1) is 0 Å². The molecule has 0 aliphatic carbocycles. The van der Waals surface area contributed by atoms with Crippen LogP contribution in [0.5, 0.6) is 0 Å². The molecule has 2 heteroatoms. The molecule has 0 unspecified atom stereocenters. The van der Waals surface area contributed by atoms with Crippen molar-refractivity contribution in [1.82, 2.24) is 0 Å². The first kappa shape index (κ1) is 41.6. The highest BCUT2D eigenvalue weighted by molar-refractivity contribution is 7.05. The summed E-state index contributed by atoms with van der Waals surface area (Å²) in [5, 5.41) is 22.0. The summed E-state index contributed by atoms with van der Waals surface area (Å²) in [6.07, 6.45) is 0. The van der Waals surface area contributed by atoms with Crippen LogP contribution in [0.15, 0.2) is 231 Å². The Kier molecular flexibility index (Phi) is 8.78. The molecule has 13 aromatic carbocycles. The Morgan fingerprint density at radius 2 is 0.625 bits per heavy atom. The van der Waals surface area contributed by atoms with Crippen molar-refractivity contribution in [1.29, 1.82) is 0 Å². The van der Waals surface area contributed by atoms with Gasteiger partial charge in [0.15, 0.2) is 0 Å². The van der Waals surface area contributed by atoms with Gasteiger partial charge in [0, 0.05) is 0 Å². The summed E-state index contributed by atoms with van der Waals surface area (Å²) in [4.78, 5) is 0. The maximum Gasteiger partial charge on any atom is 0.113 e. The van der Waals surface area contributed by atoms with E-state index in [1.54, 1.807) is 10.4 Å². The van der Waals surface area contributed by atoms with Gasteiger partial charge in [0.2, 0.25) is 0 Å². The van der Waals surface area contributed by atoms with Crippen LogP contribution in [0.2, 0.25) is 26.2 Å². The van der Waals surface area contributed by atoms with Gasteiger partial charge in [0.25, 0.3) is 0 Å². The molecule has 0 radical (unpaired) electrons. The molecular weight excluding hydrogens is 897 g/mol. The lowest BCUT2D eigenvalue weighted by Gasteiger charge is -2.35. The Balaban J connectivity index is 0.912. The number of rotatable bonds is 4. The van der Waals surface area contributed by atoms with Crippen LogP contribution < -0.4 is 20.7 Å². The second-order valence-corrected chi connectivity index (χ2v) is 30.1. The molecule has 0 nitrogen and oxygen atoms in total. The van der Waals surface area contributed by atoms with Gasteiger partial charge >= 0.3 is 0 Å². The van der Waals surface area contributed by atoms with E-state index in [0.29, 0.717) is 0 Å². The Morgan fingerprint density at radius 1 is 0.222 bits per heavy atom. The Hall–Kier alpha value is -8.15. The minimum Gasteiger partial charge on any atom is -0.0622 e. The first-order valence-corrected chi connectivity index (χ1v) is 31.6. The van der Waals surface area contributed by atoms with E-state index in [-0.39, 0.29) is 0 Å². The lowest BCUT2D eigenvalue weighted by atomic mass is 9.85. The fourth-order valence-electron chi connectivity index (χ4n) is 13.6. The molecule has 72 heavy (non-hydrogen) atoms. The largest absolute Gasteiger partial charge is 0.113 e. The molecule has 0 fully saturated rings. The minimum absolute atomic E-state index is 1.26. The first-order valence-electron chi connectivity index (χ1n) is 25.6. The van der Waals surface area contributed by atoms with Crippen LogP contribution in [0.3, 0.4) is 0 Å². The summed E-state index contributed by atoms with van der Waals surface area (Å²) in [6.45, 7) is 10.4. The second-order valence-electron chi connectivity index (χ2n) is 21.5. The Labute approximate surface area is 422 Å². The molecule has 0 saturated carbocycles. The third kappa shape index (κ3) is 5.73. The van der Waals surface area contributed by atoms with Crippen molar-refractivity contribution < 1.29 is 0 Å². The second kappa shape index (κ2) is 15.2. The van der Waals surface area contributed by atoms with Crippen molar-refractivity contribution in [3.63, 3.8) is 0 Å². The highest BCUT2D eigenvalue weighted by atomic mass is 28.3. The van der Waals surface area contributed by atoms with Crippen LogP contribution in [-0.2, 0) is 0 Å². The molecule has 13 aromatic rings. The van der Waals surface area contributed by atoms with Crippen LogP contribution in [0.25, 0.3) is 131 Å². The number of hydrogen-bond donors (Lipinski definition) is 0. The molecule has 0 atom stereocenters. The smallest absolute Gasteiger partial charge is 0.0622 e. The minimum atomic E-state index is -2.23. The molecule has 2 aliphatic heterocycles. The molecule has 0 amide bonds. The van der Waals surface area contributed by atoms with Crippen molar-refractivity contribution >= 4 is 102 Å². The zero-order valence-electron chi connectivity index (χ0n) is 40.9. The maximum absolute atomic E-state index is 2.66. The van der Waals surface area contributed by atoms with Crippen molar-refractivity contribution in [3.05, 3.63) is 231 Å². The fraction of sp³-hybridized carbons (Fsp3) is 0.0571. The van der Waals surface area contributed by atoms with Crippen LogP contribution in [-0.4, -0.2) is 16.1 Å². The summed E-state index contributed by atoms with van der Waals surface area (Å²) in [6, 6.07) is 88.0. The molecule has 338 valence electrons. The molecule has 0 bridgehead atoms. The monoisotopic (exact) mass is 946 g/mol. The molecule has 2 heterocycles. The third-order valence-electron chi connectivity index (χ3n) is 17.0. The normalized spacial score (nSPS) is 14.1. The van der Waals surface area contributed by atoms with Crippen molar-refractivity contribution in [2.24, 2.45) is 0 Å². The van der Waals surface area contributed by atoms with Crippen LogP contribution in [0, 0.1) is 0 Å². The van der Waals surface area contributed by atoms with Gasteiger partial charge in [-0.1, -0.05) is 251 Å². The molecule has 0 saturated heterocycles. The van der Waals surface area contributed by atoms with E-state index >= 15 is 0 Å². The van der Waals surface area contributed by atoms with Gasteiger partial charge in [0.1, 0.15) is 16.1 Å². The third-order valence-corrected chi connectivity index (χ3v) is 24.0. The van der Waals surface area contributed by atoms with E-state index in [1.807, 2.05) is 0 Å².